The summed E-state index contributed by atoms with van der Waals surface area (Å²) < 4.78 is 0.802. The second kappa shape index (κ2) is 7.01. The minimum absolute atomic E-state index is 0. The Balaban J connectivity index is 0. The van der Waals surface area contributed by atoms with Crippen LogP contribution in [0, 0.1) is 0 Å². The quantitative estimate of drug-likeness (QED) is 0.352. The molecule has 1 atom stereocenters. The van der Waals surface area contributed by atoms with Crippen LogP contribution >= 0.6 is 0 Å². The Labute approximate surface area is 97.5 Å². The molecule has 0 aromatic heterocycles. The van der Waals surface area contributed by atoms with Crippen molar-refractivity contribution in [1.29, 1.82) is 0 Å². The molecule has 0 saturated carbocycles. The first-order valence-corrected chi connectivity index (χ1v) is 4.69. The van der Waals surface area contributed by atoms with Gasteiger partial charge < -0.3 is 26.8 Å². The molecule has 0 bridgehead atoms. The van der Waals surface area contributed by atoms with Gasteiger partial charge in [-0.3, -0.25) is 4.79 Å². The van der Waals surface area contributed by atoms with Crippen LogP contribution in [0.4, 0.5) is 0 Å². The third-order valence-corrected chi connectivity index (χ3v) is 2.38. The van der Waals surface area contributed by atoms with Crippen molar-refractivity contribution in [3.8, 4) is 0 Å². The molecule has 84 valence electrons. The van der Waals surface area contributed by atoms with E-state index in [4.69, 9.17) is 0 Å². The van der Waals surface area contributed by atoms with Crippen LogP contribution in [0.25, 0.3) is 0 Å². The first-order chi connectivity index (χ1) is 5.94. The lowest BCUT2D eigenvalue weighted by Gasteiger charge is -2.35. The van der Waals surface area contributed by atoms with Gasteiger partial charge in [0.05, 0.1) is 20.6 Å². The van der Waals surface area contributed by atoms with Crippen molar-refractivity contribution in [2.75, 3.05) is 20.6 Å². The fraction of sp³-hybridized carbons (Fsp3) is 0.700. The summed E-state index contributed by atoms with van der Waals surface area (Å²) in [6, 6.07) is 0. The molecule has 0 radical (unpaired) electrons. The Morgan fingerprint density at radius 1 is 1.57 bits per heavy atom. The summed E-state index contributed by atoms with van der Waals surface area (Å²) in [6.07, 6.45) is 2.55. The lowest BCUT2D eigenvalue weighted by atomic mass is 10.3. The van der Waals surface area contributed by atoms with Crippen molar-refractivity contribution >= 4 is 5.91 Å². The van der Waals surface area contributed by atoms with Gasteiger partial charge in [0.1, 0.15) is 0 Å². The van der Waals surface area contributed by atoms with Gasteiger partial charge in [0.15, 0.2) is 6.17 Å². The second-order valence-corrected chi connectivity index (χ2v) is 3.89. The summed E-state index contributed by atoms with van der Waals surface area (Å²) in [4.78, 5) is 11.0. The summed E-state index contributed by atoms with van der Waals surface area (Å²) in [5, 5.41) is 2.87. The summed E-state index contributed by atoms with van der Waals surface area (Å²) in [6.45, 7) is 8.63. The predicted molar refractivity (Wildman–Crippen MR) is 55.1 cm³/mol. The highest BCUT2D eigenvalue weighted by Crippen LogP contribution is 2.04. The number of hydrogen-bond donors (Lipinski definition) is 1. The lowest BCUT2D eigenvalue weighted by molar-refractivity contribution is -0.915. The monoisotopic (exact) mass is 264 g/mol. The molecule has 0 fully saturated rings. The largest absolute Gasteiger partial charge is 1.00 e. The summed E-state index contributed by atoms with van der Waals surface area (Å²) >= 11 is 0. The molecular formula is C10H21BrN2O. The van der Waals surface area contributed by atoms with Gasteiger partial charge in [-0.25, -0.2) is 0 Å². The fourth-order valence-electron chi connectivity index (χ4n) is 1.21. The van der Waals surface area contributed by atoms with Gasteiger partial charge in [-0.1, -0.05) is 13.5 Å². The zero-order valence-electron chi connectivity index (χ0n) is 9.51. The van der Waals surface area contributed by atoms with E-state index in [1.165, 1.54) is 6.08 Å². The SMILES string of the molecule is C=CC(=O)NC(C)[N+](C)(C)CCC.[Br-]. The van der Waals surface area contributed by atoms with Gasteiger partial charge in [-0.2, -0.15) is 0 Å². The molecule has 0 aliphatic heterocycles. The standard InChI is InChI=1S/C10H20N2O.BrH/c1-6-8-12(4,5)9(3)11-10(13)7-2;/h7,9H,2,6,8H2,1,3-5H3;1H. The molecule has 1 unspecified atom stereocenters. The predicted octanol–water partition coefficient (Wildman–Crippen LogP) is -1.87. The highest BCUT2D eigenvalue weighted by Gasteiger charge is 2.23. The van der Waals surface area contributed by atoms with Crippen LogP contribution < -0.4 is 22.3 Å². The van der Waals surface area contributed by atoms with E-state index >= 15 is 0 Å². The number of carbonyl (C=O) groups excluding carboxylic acids is 1. The Morgan fingerprint density at radius 3 is 2.43 bits per heavy atom. The number of nitrogens with zero attached hydrogens (tertiary/aromatic N) is 1. The van der Waals surface area contributed by atoms with E-state index in [1.54, 1.807) is 0 Å². The fourth-order valence-corrected chi connectivity index (χ4v) is 1.21. The Bertz CT molecular complexity index is 193. The van der Waals surface area contributed by atoms with Crippen LogP contribution in [0.5, 0.6) is 0 Å². The number of rotatable bonds is 5. The van der Waals surface area contributed by atoms with E-state index in [0.29, 0.717) is 0 Å². The van der Waals surface area contributed by atoms with E-state index < -0.39 is 0 Å². The smallest absolute Gasteiger partial charge is 0.247 e. The molecule has 0 aliphatic rings. The molecule has 0 aliphatic carbocycles. The number of carbonyl (C=O) groups is 1. The van der Waals surface area contributed by atoms with Crippen LogP contribution in [-0.4, -0.2) is 37.2 Å². The molecule has 0 rings (SSSR count). The molecule has 1 N–H and O–H groups in total. The Morgan fingerprint density at radius 2 is 2.07 bits per heavy atom. The van der Waals surface area contributed by atoms with Crippen LogP contribution in [0.1, 0.15) is 20.3 Å². The molecule has 0 saturated heterocycles. The number of quaternary nitrogens is 1. The first kappa shape index (κ1) is 16.1. The van der Waals surface area contributed by atoms with Crippen LogP contribution in [-0.2, 0) is 4.79 Å². The minimum Gasteiger partial charge on any atom is -1.00 e. The van der Waals surface area contributed by atoms with Crippen LogP contribution in [0.3, 0.4) is 0 Å². The number of amides is 1. The molecule has 0 spiro atoms. The van der Waals surface area contributed by atoms with E-state index in [2.05, 4.69) is 32.9 Å². The zero-order chi connectivity index (χ0) is 10.5. The number of hydrogen-bond acceptors (Lipinski definition) is 1. The lowest BCUT2D eigenvalue weighted by Crippen LogP contribution is -3.00. The maximum atomic E-state index is 11.0. The van der Waals surface area contributed by atoms with Crippen molar-refractivity contribution < 1.29 is 26.3 Å². The van der Waals surface area contributed by atoms with Crippen LogP contribution in [0.15, 0.2) is 12.7 Å². The number of halogens is 1. The third kappa shape index (κ3) is 5.40. The van der Waals surface area contributed by atoms with E-state index in [0.717, 1.165) is 17.4 Å². The maximum absolute atomic E-state index is 11.0. The molecule has 14 heavy (non-hydrogen) atoms. The van der Waals surface area contributed by atoms with Gasteiger partial charge in [0.25, 0.3) is 0 Å². The third-order valence-electron chi connectivity index (χ3n) is 2.38. The molecule has 0 aromatic carbocycles. The molecular weight excluding hydrogens is 244 g/mol. The van der Waals surface area contributed by atoms with Gasteiger partial charge >= 0.3 is 0 Å². The Hall–Kier alpha value is -0.350. The summed E-state index contributed by atoms with van der Waals surface area (Å²) in [5.74, 6) is -0.102. The van der Waals surface area contributed by atoms with Crippen molar-refractivity contribution in [3.05, 3.63) is 12.7 Å². The summed E-state index contributed by atoms with van der Waals surface area (Å²) in [5.41, 5.74) is 0. The highest BCUT2D eigenvalue weighted by atomic mass is 79.9. The van der Waals surface area contributed by atoms with Gasteiger partial charge in [-0.15, -0.1) is 0 Å². The maximum Gasteiger partial charge on any atom is 0.247 e. The summed E-state index contributed by atoms with van der Waals surface area (Å²) in [7, 11) is 4.22. The second-order valence-electron chi connectivity index (χ2n) is 3.89. The molecule has 0 heterocycles. The topological polar surface area (TPSA) is 29.1 Å². The molecule has 3 nitrogen and oxygen atoms in total. The van der Waals surface area contributed by atoms with Crippen molar-refractivity contribution in [2.24, 2.45) is 0 Å². The first-order valence-electron chi connectivity index (χ1n) is 4.69. The van der Waals surface area contributed by atoms with E-state index in [9.17, 15) is 4.79 Å². The van der Waals surface area contributed by atoms with Crippen molar-refractivity contribution in [2.45, 2.75) is 26.4 Å². The van der Waals surface area contributed by atoms with E-state index in [1.807, 2.05) is 6.92 Å². The van der Waals surface area contributed by atoms with Crippen molar-refractivity contribution in [3.63, 3.8) is 0 Å². The van der Waals surface area contributed by atoms with Crippen molar-refractivity contribution in [1.82, 2.24) is 5.32 Å². The van der Waals surface area contributed by atoms with Crippen LogP contribution in [0.2, 0.25) is 0 Å². The van der Waals surface area contributed by atoms with Gasteiger partial charge in [-0.05, 0) is 12.5 Å². The Kier molecular flexibility index (Phi) is 8.06. The average Bonchev–Trinajstić information content (AvgIpc) is 2.04. The van der Waals surface area contributed by atoms with E-state index in [-0.39, 0.29) is 29.1 Å². The average molecular weight is 265 g/mol. The van der Waals surface area contributed by atoms with Gasteiger partial charge in [0.2, 0.25) is 5.91 Å². The molecule has 0 aromatic rings. The molecule has 4 heteroatoms. The van der Waals surface area contributed by atoms with Gasteiger partial charge in [0, 0.05) is 6.92 Å². The minimum atomic E-state index is -0.102. The molecule has 1 amide bonds. The number of nitrogens with one attached hydrogen (secondary N) is 1. The highest BCUT2D eigenvalue weighted by molar-refractivity contribution is 5.86. The zero-order valence-corrected chi connectivity index (χ0v) is 11.1. The normalized spacial score (nSPS) is 12.6.